The van der Waals surface area contributed by atoms with E-state index in [1.807, 2.05) is 0 Å². The van der Waals surface area contributed by atoms with Crippen LogP contribution in [0.4, 0.5) is 14.5 Å². The fourth-order valence-corrected chi connectivity index (χ4v) is 2.20. The quantitative estimate of drug-likeness (QED) is 0.847. The lowest BCUT2D eigenvalue weighted by Gasteiger charge is -2.11. The van der Waals surface area contributed by atoms with E-state index in [4.69, 9.17) is 15.6 Å². The van der Waals surface area contributed by atoms with Crippen LogP contribution in [-0.2, 0) is 10.0 Å². The predicted octanol–water partition coefficient (Wildman–Crippen LogP) is 1.99. The summed E-state index contributed by atoms with van der Waals surface area (Å²) in [5, 5.41) is 4.99. The molecule has 106 valence electrons. The van der Waals surface area contributed by atoms with Crippen LogP contribution >= 0.6 is 0 Å². The van der Waals surface area contributed by atoms with Crippen molar-refractivity contribution in [2.24, 2.45) is 5.14 Å². The molecule has 0 radical (unpaired) electrons. The number of sulfonamides is 1. The zero-order valence-corrected chi connectivity index (χ0v) is 10.8. The first-order valence-electron chi connectivity index (χ1n) is 5.33. The monoisotopic (exact) mass is 300 g/mol. The SMILES string of the molecule is Nc1c(Oc2ccc(F)c(F)c2)cccc1S(N)(=O)=O. The van der Waals surface area contributed by atoms with Crippen molar-refractivity contribution in [1.82, 2.24) is 0 Å². The lowest BCUT2D eigenvalue weighted by atomic mass is 10.3. The molecule has 20 heavy (non-hydrogen) atoms. The minimum atomic E-state index is -4.00. The molecule has 2 aromatic carbocycles. The zero-order valence-electron chi connectivity index (χ0n) is 10.0. The molecule has 0 spiro atoms. The highest BCUT2D eigenvalue weighted by Gasteiger charge is 2.16. The number of hydrogen-bond acceptors (Lipinski definition) is 4. The van der Waals surface area contributed by atoms with Crippen LogP contribution in [0.25, 0.3) is 0 Å². The van der Waals surface area contributed by atoms with Gasteiger partial charge >= 0.3 is 0 Å². The Bertz CT molecular complexity index is 763. The van der Waals surface area contributed by atoms with Crippen LogP contribution < -0.4 is 15.6 Å². The highest BCUT2D eigenvalue weighted by Crippen LogP contribution is 2.32. The van der Waals surface area contributed by atoms with E-state index in [2.05, 4.69) is 0 Å². The Balaban J connectivity index is 2.42. The minimum absolute atomic E-state index is 0.0254. The van der Waals surface area contributed by atoms with Crippen molar-refractivity contribution in [1.29, 1.82) is 0 Å². The molecule has 0 bridgehead atoms. The van der Waals surface area contributed by atoms with Gasteiger partial charge in [-0.25, -0.2) is 22.3 Å². The van der Waals surface area contributed by atoms with Crippen LogP contribution in [0, 0.1) is 11.6 Å². The topological polar surface area (TPSA) is 95.4 Å². The second-order valence-electron chi connectivity index (χ2n) is 3.89. The summed E-state index contributed by atoms with van der Waals surface area (Å²) in [5.74, 6) is -2.17. The Morgan fingerprint density at radius 3 is 2.35 bits per heavy atom. The first kappa shape index (κ1) is 14.2. The Morgan fingerprint density at radius 2 is 1.75 bits per heavy atom. The maximum absolute atomic E-state index is 13.0. The number of anilines is 1. The molecule has 8 heteroatoms. The summed E-state index contributed by atoms with van der Waals surface area (Å²) in [4.78, 5) is -0.308. The van der Waals surface area contributed by atoms with Crippen LogP contribution in [0.15, 0.2) is 41.3 Å². The molecule has 0 amide bonds. The molecule has 0 aliphatic heterocycles. The van der Waals surface area contributed by atoms with Gasteiger partial charge in [0.2, 0.25) is 10.0 Å². The number of rotatable bonds is 3. The number of primary sulfonamides is 1. The third-order valence-electron chi connectivity index (χ3n) is 2.45. The Kier molecular flexibility index (Phi) is 3.60. The first-order chi connectivity index (χ1) is 9.29. The largest absolute Gasteiger partial charge is 0.455 e. The van der Waals surface area contributed by atoms with E-state index in [0.717, 1.165) is 12.1 Å². The molecule has 0 heterocycles. The van der Waals surface area contributed by atoms with Crippen LogP contribution in [0.5, 0.6) is 11.5 Å². The van der Waals surface area contributed by atoms with Crippen molar-refractivity contribution in [2.45, 2.75) is 4.90 Å². The van der Waals surface area contributed by atoms with Gasteiger partial charge in [0, 0.05) is 6.07 Å². The molecule has 0 aliphatic carbocycles. The van der Waals surface area contributed by atoms with Gasteiger partial charge in [0.25, 0.3) is 0 Å². The van der Waals surface area contributed by atoms with E-state index >= 15 is 0 Å². The second-order valence-corrected chi connectivity index (χ2v) is 5.42. The van der Waals surface area contributed by atoms with Gasteiger partial charge in [0.1, 0.15) is 10.6 Å². The lowest BCUT2D eigenvalue weighted by molar-refractivity contribution is 0.462. The van der Waals surface area contributed by atoms with Gasteiger partial charge in [0.05, 0.1) is 5.69 Å². The summed E-state index contributed by atoms with van der Waals surface area (Å²) in [6.45, 7) is 0. The maximum atomic E-state index is 13.0. The van der Waals surface area contributed by atoms with Gasteiger partial charge in [-0.2, -0.15) is 0 Å². The molecule has 0 unspecified atom stereocenters. The molecule has 0 saturated carbocycles. The molecule has 0 saturated heterocycles. The van der Waals surface area contributed by atoms with Crippen molar-refractivity contribution in [3.63, 3.8) is 0 Å². The molecule has 5 nitrogen and oxygen atoms in total. The molecular weight excluding hydrogens is 290 g/mol. The third-order valence-corrected chi connectivity index (χ3v) is 3.42. The molecule has 0 atom stereocenters. The number of halogens is 2. The van der Waals surface area contributed by atoms with E-state index < -0.39 is 21.7 Å². The number of nitrogen functional groups attached to an aromatic ring is 1. The Morgan fingerprint density at radius 1 is 1.05 bits per heavy atom. The third kappa shape index (κ3) is 2.86. The molecule has 0 aliphatic rings. The van der Waals surface area contributed by atoms with Gasteiger partial charge in [-0.3, -0.25) is 0 Å². The molecule has 0 fully saturated rings. The van der Waals surface area contributed by atoms with Crippen molar-refractivity contribution < 1.29 is 21.9 Å². The lowest BCUT2D eigenvalue weighted by Crippen LogP contribution is -2.14. The summed E-state index contributed by atoms with van der Waals surface area (Å²) in [5.41, 5.74) is 5.42. The molecule has 0 aromatic heterocycles. The average Bonchev–Trinajstić information content (AvgIpc) is 2.35. The zero-order chi connectivity index (χ0) is 14.9. The number of benzene rings is 2. The van der Waals surface area contributed by atoms with Gasteiger partial charge in [-0.1, -0.05) is 6.07 Å². The number of ether oxygens (including phenoxy) is 1. The number of hydrogen-bond donors (Lipinski definition) is 2. The maximum Gasteiger partial charge on any atom is 0.240 e. The van der Waals surface area contributed by atoms with Crippen molar-refractivity contribution >= 4 is 15.7 Å². The molecule has 2 aromatic rings. The van der Waals surface area contributed by atoms with E-state index in [1.165, 1.54) is 24.3 Å². The highest BCUT2D eigenvalue weighted by molar-refractivity contribution is 7.89. The van der Waals surface area contributed by atoms with Crippen molar-refractivity contribution in [3.05, 3.63) is 48.0 Å². The van der Waals surface area contributed by atoms with Crippen molar-refractivity contribution in [2.75, 3.05) is 5.73 Å². The van der Waals surface area contributed by atoms with Gasteiger partial charge in [-0.15, -0.1) is 0 Å². The summed E-state index contributed by atoms with van der Waals surface area (Å²) in [6.07, 6.45) is 0. The van der Waals surface area contributed by atoms with Crippen LogP contribution in [0.2, 0.25) is 0 Å². The fourth-order valence-electron chi connectivity index (χ4n) is 1.53. The van der Waals surface area contributed by atoms with E-state index in [0.29, 0.717) is 0 Å². The van der Waals surface area contributed by atoms with Gasteiger partial charge in [-0.05, 0) is 24.3 Å². The van der Waals surface area contributed by atoms with E-state index in [9.17, 15) is 17.2 Å². The van der Waals surface area contributed by atoms with Gasteiger partial charge in [0.15, 0.2) is 17.4 Å². The summed E-state index contributed by atoms with van der Waals surface area (Å²) >= 11 is 0. The second kappa shape index (κ2) is 5.06. The normalized spacial score (nSPS) is 11.3. The van der Waals surface area contributed by atoms with Crippen LogP contribution in [-0.4, -0.2) is 8.42 Å². The molecular formula is C12H10F2N2O3S. The highest BCUT2D eigenvalue weighted by atomic mass is 32.2. The van der Waals surface area contributed by atoms with Crippen LogP contribution in [0.3, 0.4) is 0 Å². The predicted molar refractivity (Wildman–Crippen MR) is 68.7 cm³/mol. The van der Waals surface area contributed by atoms with Gasteiger partial charge < -0.3 is 10.5 Å². The first-order valence-corrected chi connectivity index (χ1v) is 6.88. The number of nitrogens with two attached hydrogens (primary N) is 2. The minimum Gasteiger partial charge on any atom is -0.455 e. The summed E-state index contributed by atoms with van der Waals surface area (Å²) in [6, 6.07) is 6.84. The molecule has 2 rings (SSSR count). The Labute approximate surface area is 113 Å². The van der Waals surface area contributed by atoms with Crippen LogP contribution in [0.1, 0.15) is 0 Å². The van der Waals surface area contributed by atoms with E-state index in [-0.39, 0.29) is 22.1 Å². The molecule has 4 N–H and O–H groups in total. The van der Waals surface area contributed by atoms with Crippen molar-refractivity contribution in [3.8, 4) is 11.5 Å². The average molecular weight is 300 g/mol. The number of para-hydroxylation sites is 1. The standard InChI is InChI=1S/C12H10F2N2O3S/c13-8-5-4-7(6-9(8)14)19-10-2-1-3-11(12(10)15)20(16,17)18/h1-6H,15H2,(H2,16,17,18). The summed E-state index contributed by atoms with van der Waals surface area (Å²) in [7, 11) is -4.00. The van der Waals surface area contributed by atoms with E-state index in [1.54, 1.807) is 0 Å². The fraction of sp³-hybridized carbons (Fsp3) is 0. The smallest absolute Gasteiger partial charge is 0.240 e. The Hall–Kier alpha value is -2.19. The summed E-state index contributed by atoms with van der Waals surface area (Å²) < 4.78 is 53.6.